The number of nitrogens with one attached hydrogen (secondary N) is 3. The molecule has 0 saturated carbocycles. The lowest BCUT2D eigenvalue weighted by Gasteiger charge is -2.15. The van der Waals surface area contributed by atoms with Crippen LogP contribution < -0.4 is 5.32 Å². The number of pyridine rings is 2. The average Bonchev–Trinajstić information content (AvgIpc) is 3.40. The number of aromatic amines is 1. The molecule has 4 heterocycles. The summed E-state index contributed by atoms with van der Waals surface area (Å²) in [5, 5.41) is 6.02. The Balaban J connectivity index is 1.85. The van der Waals surface area contributed by atoms with Crippen LogP contribution in [-0.2, 0) is 22.1 Å². The Labute approximate surface area is 196 Å². The maximum atomic E-state index is 14.0. The molecule has 0 fully saturated rings. The number of fused-ring (bicyclic) bond motifs is 1. The monoisotopic (exact) mass is 535 g/mol. The first-order chi connectivity index (χ1) is 16.6. The Morgan fingerprint density at radius 1 is 1.14 bits per heavy atom. The highest BCUT2D eigenvalue weighted by molar-refractivity contribution is 7.91. The van der Waals surface area contributed by atoms with Gasteiger partial charge in [0.2, 0.25) is 0 Å². The fourth-order valence-electron chi connectivity index (χ4n) is 3.36. The SMILES string of the molecule is CS(=N)(=O)c1ncc(NC(=O)c2c(-c3ccc(F)c4nccn34)n[nH]c2C(F)(F)F)cc1C(F)(F)F. The Hall–Kier alpha value is -4.02. The van der Waals surface area contributed by atoms with Crippen LogP contribution in [0.3, 0.4) is 0 Å². The van der Waals surface area contributed by atoms with E-state index in [1.165, 1.54) is 6.20 Å². The summed E-state index contributed by atoms with van der Waals surface area (Å²) in [5.41, 5.74) is -6.05. The van der Waals surface area contributed by atoms with Crippen LogP contribution in [0.25, 0.3) is 17.0 Å². The number of nitrogens with zero attached hydrogens (tertiary/aromatic N) is 4. The van der Waals surface area contributed by atoms with Crippen molar-refractivity contribution in [3.8, 4) is 11.4 Å². The number of aromatic nitrogens is 5. The number of alkyl halides is 6. The van der Waals surface area contributed by atoms with Gasteiger partial charge in [0.05, 0.1) is 38.4 Å². The van der Waals surface area contributed by atoms with Gasteiger partial charge in [0, 0.05) is 18.6 Å². The minimum atomic E-state index is -5.14. The number of anilines is 1. The lowest BCUT2D eigenvalue weighted by Crippen LogP contribution is -2.20. The first-order valence-electron chi connectivity index (χ1n) is 9.49. The molecule has 1 unspecified atom stereocenters. The minimum Gasteiger partial charge on any atom is -0.320 e. The molecule has 0 aromatic carbocycles. The number of imidazole rings is 1. The van der Waals surface area contributed by atoms with Crippen molar-refractivity contribution in [2.75, 3.05) is 11.6 Å². The van der Waals surface area contributed by atoms with E-state index in [0.717, 1.165) is 22.7 Å². The Bertz CT molecular complexity index is 1600. The average molecular weight is 535 g/mol. The molecular formula is C19H12F7N7O2S. The van der Waals surface area contributed by atoms with Crippen molar-refractivity contribution in [2.24, 2.45) is 0 Å². The van der Waals surface area contributed by atoms with E-state index < -0.39 is 67.0 Å². The van der Waals surface area contributed by atoms with Crippen molar-refractivity contribution in [1.29, 1.82) is 4.78 Å². The van der Waals surface area contributed by atoms with E-state index in [-0.39, 0.29) is 11.3 Å². The zero-order valence-corrected chi connectivity index (χ0v) is 18.4. The van der Waals surface area contributed by atoms with E-state index in [9.17, 15) is 39.7 Å². The minimum absolute atomic E-state index is 0.176. The zero-order chi connectivity index (χ0) is 26.6. The van der Waals surface area contributed by atoms with Crippen molar-refractivity contribution in [2.45, 2.75) is 17.4 Å². The van der Waals surface area contributed by atoms with Crippen LogP contribution >= 0.6 is 0 Å². The van der Waals surface area contributed by atoms with Crippen LogP contribution in [0.2, 0.25) is 0 Å². The molecule has 17 heteroatoms. The first kappa shape index (κ1) is 25.1. The lowest BCUT2D eigenvalue weighted by atomic mass is 10.1. The number of halogens is 7. The quantitative estimate of drug-likeness (QED) is 0.330. The Morgan fingerprint density at radius 2 is 1.83 bits per heavy atom. The summed E-state index contributed by atoms with van der Waals surface area (Å²) in [6.07, 6.45) is -6.58. The normalized spacial score (nSPS) is 14.1. The van der Waals surface area contributed by atoms with Crippen LogP contribution in [0, 0.1) is 10.6 Å². The van der Waals surface area contributed by atoms with Crippen LogP contribution in [-0.4, -0.2) is 40.9 Å². The number of H-pyrrole nitrogens is 1. The van der Waals surface area contributed by atoms with Gasteiger partial charge in [-0.25, -0.2) is 23.3 Å². The zero-order valence-electron chi connectivity index (χ0n) is 17.6. The number of hydrogen-bond donors (Lipinski definition) is 3. The predicted molar refractivity (Wildman–Crippen MR) is 110 cm³/mol. The molecule has 190 valence electrons. The fourth-order valence-corrected chi connectivity index (χ4v) is 4.20. The summed E-state index contributed by atoms with van der Waals surface area (Å²) in [6, 6.07) is 2.24. The highest BCUT2D eigenvalue weighted by Crippen LogP contribution is 2.37. The van der Waals surface area contributed by atoms with Gasteiger partial charge in [-0.2, -0.15) is 31.4 Å². The van der Waals surface area contributed by atoms with Gasteiger partial charge in [-0.05, 0) is 18.2 Å². The van der Waals surface area contributed by atoms with Crippen molar-refractivity contribution < 1.29 is 39.7 Å². The Kier molecular flexibility index (Phi) is 5.77. The molecular weight excluding hydrogens is 523 g/mol. The van der Waals surface area contributed by atoms with Gasteiger partial charge in [0.1, 0.15) is 10.7 Å². The number of carbonyl (C=O) groups excluding carboxylic acids is 1. The van der Waals surface area contributed by atoms with E-state index in [4.69, 9.17) is 4.78 Å². The number of hydrogen-bond acceptors (Lipinski definition) is 6. The molecule has 0 aliphatic carbocycles. The maximum Gasteiger partial charge on any atom is 0.433 e. The van der Waals surface area contributed by atoms with E-state index >= 15 is 0 Å². The third-order valence-electron chi connectivity index (χ3n) is 4.80. The predicted octanol–water partition coefficient (Wildman–Crippen LogP) is 4.58. The number of rotatable bonds is 4. The topological polar surface area (TPSA) is 129 Å². The van der Waals surface area contributed by atoms with Gasteiger partial charge in [-0.15, -0.1) is 0 Å². The van der Waals surface area contributed by atoms with E-state index in [2.05, 4.69) is 15.1 Å². The molecule has 0 spiro atoms. The molecule has 0 bridgehead atoms. The summed E-state index contributed by atoms with van der Waals surface area (Å²) in [4.78, 5) is 20.0. The standard InChI is InChI=1S/C19H12F7N7O2S/c1-36(27,35)17-9(18(21,22)23)6-8(7-29-17)30-16(34)12-13(31-32-14(12)19(24,25)26)11-3-2-10(20)15-28-4-5-33(11)15/h2-7,27H,1H3,(H,30,34)(H,31,32). The number of amides is 1. The lowest BCUT2D eigenvalue weighted by molar-refractivity contribution is -0.141. The highest BCUT2D eigenvalue weighted by atomic mass is 32.2. The third-order valence-corrected chi connectivity index (χ3v) is 5.87. The van der Waals surface area contributed by atoms with Gasteiger partial charge in [0.15, 0.2) is 17.2 Å². The molecule has 0 aliphatic heterocycles. The van der Waals surface area contributed by atoms with Gasteiger partial charge in [0.25, 0.3) is 5.91 Å². The summed E-state index contributed by atoms with van der Waals surface area (Å²) in [5.74, 6) is -2.33. The summed E-state index contributed by atoms with van der Waals surface area (Å²) in [6.45, 7) is 0. The van der Waals surface area contributed by atoms with Crippen molar-refractivity contribution in [3.05, 3.63) is 59.4 Å². The van der Waals surface area contributed by atoms with Crippen LogP contribution in [0.4, 0.5) is 36.4 Å². The first-order valence-corrected chi connectivity index (χ1v) is 11.5. The molecule has 3 N–H and O–H groups in total. The van der Waals surface area contributed by atoms with Gasteiger partial charge in [-0.1, -0.05) is 0 Å². The maximum absolute atomic E-state index is 14.0. The largest absolute Gasteiger partial charge is 0.433 e. The van der Waals surface area contributed by atoms with E-state index in [1.54, 1.807) is 5.10 Å². The van der Waals surface area contributed by atoms with E-state index in [0.29, 0.717) is 18.5 Å². The molecule has 0 radical (unpaired) electrons. The molecule has 36 heavy (non-hydrogen) atoms. The smallest absolute Gasteiger partial charge is 0.320 e. The van der Waals surface area contributed by atoms with Gasteiger partial charge in [-0.3, -0.25) is 14.3 Å². The van der Waals surface area contributed by atoms with Crippen LogP contribution in [0.15, 0.2) is 41.8 Å². The fraction of sp³-hybridized carbons (Fsp3) is 0.158. The van der Waals surface area contributed by atoms with Gasteiger partial charge >= 0.3 is 12.4 Å². The summed E-state index contributed by atoms with van der Waals surface area (Å²) in [7, 11) is -3.94. The molecule has 1 amide bonds. The second kappa shape index (κ2) is 8.28. The van der Waals surface area contributed by atoms with Crippen molar-refractivity contribution in [1.82, 2.24) is 24.6 Å². The second-order valence-electron chi connectivity index (χ2n) is 7.38. The number of carbonyl (C=O) groups is 1. The molecule has 4 rings (SSSR count). The molecule has 1 atom stereocenters. The molecule has 9 nitrogen and oxygen atoms in total. The van der Waals surface area contributed by atoms with Crippen molar-refractivity contribution >= 4 is 27.0 Å². The van der Waals surface area contributed by atoms with Crippen molar-refractivity contribution in [3.63, 3.8) is 0 Å². The third kappa shape index (κ3) is 4.48. The molecule has 0 aliphatic rings. The van der Waals surface area contributed by atoms with Crippen LogP contribution in [0.1, 0.15) is 21.6 Å². The molecule has 0 saturated heterocycles. The molecule has 4 aromatic heterocycles. The molecule has 4 aromatic rings. The highest BCUT2D eigenvalue weighted by Gasteiger charge is 2.41. The second-order valence-corrected chi connectivity index (χ2v) is 9.45. The van der Waals surface area contributed by atoms with Crippen LogP contribution in [0.5, 0.6) is 0 Å². The summed E-state index contributed by atoms with van der Waals surface area (Å²) >= 11 is 0. The summed E-state index contributed by atoms with van der Waals surface area (Å²) < 4.78 is 116. The Morgan fingerprint density at radius 3 is 2.44 bits per heavy atom. The van der Waals surface area contributed by atoms with E-state index in [1.807, 2.05) is 5.32 Å². The van der Waals surface area contributed by atoms with Gasteiger partial charge < -0.3 is 5.32 Å².